The van der Waals surface area contributed by atoms with Gasteiger partial charge in [0.2, 0.25) is 10.0 Å². The fourth-order valence-corrected chi connectivity index (χ4v) is 4.43. The third kappa shape index (κ3) is 4.41. The first-order valence-electron chi connectivity index (χ1n) is 8.83. The Morgan fingerprint density at radius 1 is 1.15 bits per heavy atom. The lowest BCUT2D eigenvalue weighted by molar-refractivity contribution is -0.142. The molecule has 1 aromatic carbocycles. The molecule has 2 aliphatic rings. The van der Waals surface area contributed by atoms with Crippen molar-refractivity contribution in [3.8, 4) is 0 Å². The number of anilines is 1. The Labute approximate surface area is 154 Å². The number of hydrogen-bond acceptors (Lipinski definition) is 6. The fraction of sp³-hybridized carbons (Fsp3) is 0.588. The molecule has 0 spiro atoms. The van der Waals surface area contributed by atoms with Crippen LogP contribution in [0, 0.1) is 0 Å². The number of nitrogens with one attached hydrogen (secondary N) is 1. The molecule has 1 amide bonds. The minimum atomic E-state index is -3.51. The number of carbonyl (C=O) groups excluding carboxylic acids is 1. The van der Waals surface area contributed by atoms with Crippen molar-refractivity contribution in [1.82, 2.24) is 9.21 Å². The average Bonchev–Trinajstić information content (AvgIpc) is 2.69. The Hall–Kier alpha value is -1.52. The van der Waals surface area contributed by atoms with Gasteiger partial charge in [0.25, 0.3) is 5.91 Å². The number of hydrogen-bond donors (Lipinski definition) is 1. The molecule has 2 saturated heterocycles. The highest BCUT2D eigenvalue weighted by Gasteiger charge is 2.28. The summed E-state index contributed by atoms with van der Waals surface area (Å²) in [6.45, 7) is 6.58. The SMILES string of the molecule is CCN1CCN(S(=O)(=O)c2ccc(NC(=O)C3COCCO3)cc2)CC1. The molecule has 144 valence electrons. The van der Waals surface area contributed by atoms with Crippen LogP contribution in [0.2, 0.25) is 0 Å². The number of carbonyl (C=O) groups is 1. The molecule has 1 N–H and O–H groups in total. The predicted molar refractivity (Wildman–Crippen MR) is 96.5 cm³/mol. The van der Waals surface area contributed by atoms with Gasteiger partial charge in [-0.1, -0.05) is 6.92 Å². The van der Waals surface area contributed by atoms with E-state index in [1.807, 2.05) is 0 Å². The fourth-order valence-electron chi connectivity index (χ4n) is 3.01. The maximum atomic E-state index is 12.7. The first-order valence-corrected chi connectivity index (χ1v) is 10.3. The zero-order chi connectivity index (χ0) is 18.6. The zero-order valence-electron chi connectivity index (χ0n) is 14.9. The minimum absolute atomic E-state index is 0.224. The predicted octanol–water partition coefficient (Wildman–Crippen LogP) is 0.367. The van der Waals surface area contributed by atoms with E-state index in [1.54, 1.807) is 12.1 Å². The molecule has 9 heteroatoms. The molecule has 1 unspecified atom stereocenters. The molecule has 2 fully saturated rings. The lowest BCUT2D eigenvalue weighted by Gasteiger charge is -2.33. The van der Waals surface area contributed by atoms with Crippen molar-refractivity contribution in [3.63, 3.8) is 0 Å². The number of piperazine rings is 1. The van der Waals surface area contributed by atoms with E-state index in [2.05, 4.69) is 17.1 Å². The first-order chi connectivity index (χ1) is 12.5. The smallest absolute Gasteiger partial charge is 0.255 e. The van der Waals surface area contributed by atoms with Gasteiger partial charge in [-0.3, -0.25) is 4.79 Å². The summed E-state index contributed by atoms with van der Waals surface area (Å²) in [7, 11) is -3.51. The molecule has 0 aliphatic carbocycles. The van der Waals surface area contributed by atoms with Crippen LogP contribution in [0.15, 0.2) is 29.2 Å². The van der Waals surface area contributed by atoms with Crippen molar-refractivity contribution >= 4 is 21.6 Å². The van der Waals surface area contributed by atoms with Crippen molar-refractivity contribution in [2.75, 3.05) is 57.9 Å². The topological polar surface area (TPSA) is 88.2 Å². The van der Waals surface area contributed by atoms with Crippen LogP contribution in [0.4, 0.5) is 5.69 Å². The van der Waals surface area contributed by atoms with Gasteiger partial charge in [-0.15, -0.1) is 0 Å². The lowest BCUT2D eigenvalue weighted by Crippen LogP contribution is -2.48. The summed E-state index contributed by atoms with van der Waals surface area (Å²) in [6.07, 6.45) is -0.637. The second-order valence-electron chi connectivity index (χ2n) is 6.29. The highest BCUT2D eigenvalue weighted by Crippen LogP contribution is 2.20. The van der Waals surface area contributed by atoms with Crippen molar-refractivity contribution in [1.29, 1.82) is 0 Å². The second kappa shape index (κ2) is 8.45. The number of amides is 1. The maximum absolute atomic E-state index is 12.7. The highest BCUT2D eigenvalue weighted by atomic mass is 32.2. The standard InChI is InChI=1S/C17H25N3O5S/c1-2-19-7-9-20(10-8-19)26(22,23)15-5-3-14(4-6-15)18-17(21)16-13-24-11-12-25-16/h3-6,16H,2,7-13H2,1H3,(H,18,21). The van der Waals surface area contributed by atoms with Crippen LogP contribution in [0.5, 0.6) is 0 Å². The third-order valence-corrected chi connectivity index (χ3v) is 6.56. The molecule has 1 atom stereocenters. The van der Waals surface area contributed by atoms with E-state index < -0.39 is 16.1 Å². The van der Waals surface area contributed by atoms with Crippen LogP contribution in [0.1, 0.15) is 6.92 Å². The van der Waals surface area contributed by atoms with Gasteiger partial charge in [0.1, 0.15) is 0 Å². The van der Waals surface area contributed by atoms with Crippen LogP contribution in [-0.4, -0.2) is 82.2 Å². The van der Waals surface area contributed by atoms with Gasteiger partial charge in [0.15, 0.2) is 6.10 Å². The van der Waals surface area contributed by atoms with Gasteiger partial charge in [-0.05, 0) is 30.8 Å². The van der Waals surface area contributed by atoms with Crippen LogP contribution >= 0.6 is 0 Å². The van der Waals surface area contributed by atoms with E-state index in [0.29, 0.717) is 32.0 Å². The zero-order valence-corrected chi connectivity index (χ0v) is 15.7. The second-order valence-corrected chi connectivity index (χ2v) is 8.22. The Balaban J connectivity index is 1.62. The quantitative estimate of drug-likeness (QED) is 0.790. The number of sulfonamides is 1. The molecule has 26 heavy (non-hydrogen) atoms. The molecule has 0 bridgehead atoms. The van der Waals surface area contributed by atoms with E-state index in [4.69, 9.17) is 9.47 Å². The number of rotatable bonds is 5. The third-order valence-electron chi connectivity index (χ3n) is 4.65. The maximum Gasteiger partial charge on any atom is 0.255 e. The Bertz CT molecular complexity index is 708. The Morgan fingerprint density at radius 2 is 1.85 bits per heavy atom. The van der Waals surface area contributed by atoms with Gasteiger partial charge in [-0.2, -0.15) is 4.31 Å². The van der Waals surface area contributed by atoms with Gasteiger partial charge in [0, 0.05) is 31.9 Å². The van der Waals surface area contributed by atoms with Crippen molar-refractivity contribution in [2.24, 2.45) is 0 Å². The normalized spacial score (nSPS) is 22.9. The van der Waals surface area contributed by atoms with Gasteiger partial charge < -0.3 is 19.7 Å². The van der Waals surface area contributed by atoms with Crippen LogP contribution in [0.3, 0.4) is 0 Å². The van der Waals surface area contributed by atoms with Crippen molar-refractivity contribution in [3.05, 3.63) is 24.3 Å². The molecule has 2 aliphatic heterocycles. The van der Waals surface area contributed by atoms with E-state index in [-0.39, 0.29) is 17.4 Å². The van der Waals surface area contributed by atoms with Gasteiger partial charge >= 0.3 is 0 Å². The van der Waals surface area contributed by atoms with Gasteiger partial charge in [0.05, 0.1) is 24.7 Å². The van der Waals surface area contributed by atoms with Crippen LogP contribution < -0.4 is 5.32 Å². The lowest BCUT2D eigenvalue weighted by atomic mass is 10.3. The Morgan fingerprint density at radius 3 is 2.42 bits per heavy atom. The minimum Gasteiger partial charge on any atom is -0.376 e. The first kappa shape index (κ1) is 19.2. The Kier molecular flexibility index (Phi) is 6.25. The number of ether oxygens (including phenoxy) is 2. The molecule has 0 radical (unpaired) electrons. The summed E-state index contributed by atoms with van der Waals surface area (Å²) in [5.74, 6) is -0.295. The molecular formula is C17H25N3O5S. The monoisotopic (exact) mass is 383 g/mol. The van der Waals surface area contributed by atoms with Crippen LogP contribution in [0.25, 0.3) is 0 Å². The molecule has 1 aromatic rings. The summed E-state index contributed by atoms with van der Waals surface area (Å²) in [5.41, 5.74) is 0.527. The van der Waals surface area contributed by atoms with Crippen molar-refractivity contribution < 1.29 is 22.7 Å². The molecule has 0 saturated carbocycles. The van der Waals surface area contributed by atoms with E-state index in [9.17, 15) is 13.2 Å². The molecule has 0 aromatic heterocycles. The number of benzene rings is 1. The average molecular weight is 383 g/mol. The highest BCUT2D eigenvalue weighted by molar-refractivity contribution is 7.89. The van der Waals surface area contributed by atoms with E-state index in [1.165, 1.54) is 16.4 Å². The summed E-state index contributed by atoms with van der Waals surface area (Å²) in [5, 5.41) is 2.72. The summed E-state index contributed by atoms with van der Waals surface area (Å²) >= 11 is 0. The summed E-state index contributed by atoms with van der Waals surface area (Å²) < 4.78 is 37.6. The molecule has 2 heterocycles. The van der Waals surface area contributed by atoms with Gasteiger partial charge in [-0.25, -0.2) is 8.42 Å². The van der Waals surface area contributed by atoms with E-state index >= 15 is 0 Å². The molecular weight excluding hydrogens is 358 g/mol. The summed E-state index contributed by atoms with van der Waals surface area (Å²) in [6, 6.07) is 6.23. The van der Waals surface area contributed by atoms with Crippen molar-refractivity contribution in [2.45, 2.75) is 17.9 Å². The van der Waals surface area contributed by atoms with E-state index in [0.717, 1.165) is 19.6 Å². The number of likely N-dealkylation sites (N-methyl/N-ethyl adjacent to an activating group) is 1. The summed E-state index contributed by atoms with van der Waals surface area (Å²) in [4.78, 5) is 14.6. The molecule has 8 nitrogen and oxygen atoms in total. The van der Waals surface area contributed by atoms with Crippen LogP contribution in [-0.2, 0) is 24.3 Å². The molecule has 3 rings (SSSR count). The largest absolute Gasteiger partial charge is 0.376 e. The number of nitrogens with zero attached hydrogens (tertiary/aromatic N) is 2.